The lowest BCUT2D eigenvalue weighted by molar-refractivity contribution is 0.260. The van der Waals surface area contributed by atoms with Crippen LogP contribution in [0.2, 0.25) is 0 Å². The van der Waals surface area contributed by atoms with Gasteiger partial charge in [-0.25, -0.2) is 0 Å². The van der Waals surface area contributed by atoms with Crippen molar-refractivity contribution < 1.29 is 4.74 Å². The van der Waals surface area contributed by atoms with E-state index in [-0.39, 0.29) is 0 Å². The van der Waals surface area contributed by atoms with E-state index in [1.165, 1.54) is 28.4 Å². The molecule has 0 amide bonds. The summed E-state index contributed by atoms with van der Waals surface area (Å²) in [6.45, 7) is 8.64. The first kappa shape index (κ1) is 13.9. The maximum atomic E-state index is 5.79. The average molecular weight is 312 g/mol. The van der Waals surface area contributed by atoms with Gasteiger partial charge in [-0.1, -0.05) is 29.8 Å². The van der Waals surface area contributed by atoms with E-state index < -0.39 is 0 Å². The predicted octanol–water partition coefficient (Wildman–Crippen LogP) is 4.01. The van der Waals surface area contributed by atoms with E-state index in [0.717, 1.165) is 38.4 Å². The van der Waals surface area contributed by atoms with E-state index in [0.29, 0.717) is 0 Å². The van der Waals surface area contributed by atoms with Crippen molar-refractivity contribution in [1.29, 1.82) is 0 Å². The first-order valence-electron chi connectivity index (χ1n) is 6.91. The highest BCUT2D eigenvalue weighted by Crippen LogP contribution is 2.33. The number of fused-ring (bicyclic) bond motifs is 1. The van der Waals surface area contributed by atoms with Gasteiger partial charge in [0.2, 0.25) is 0 Å². The normalized spacial score (nSPS) is 13.8. The Morgan fingerprint density at radius 2 is 1.94 bits per heavy atom. The average Bonchev–Trinajstić information content (AvgIpc) is 2.77. The van der Waals surface area contributed by atoms with Crippen LogP contribution in [0.4, 0.5) is 0 Å². The third-order valence-corrected chi connectivity index (χ3v) is 3.76. The maximum Gasteiger partial charge on any atom is 0.127 e. The minimum Gasteiger partial charge on any atom is -0.493 e. The van der Waals surface area contributed by atoms with Crippen LogP contribution >= 0.6 is 15.9 Å². The third kappa shape index (κ3) is 3.27. The largest absolute Gasteiger partial charge is 0.493 e. The van der Waals surface area contributed by atoms with Crippen LogP contribution in [-0.4, -0.2) is 24.6 Å². The minimum atomic E-state index is 0.834. The molecule has 1 heterocycles. The highest BCUT2D eigenvalue weighted by atomic mass is 79.9. The number of benzene rings is 1. The lowest BCUT2D eigenvalue weighted by atomic mass is 10.1. The molecule has 100 valence electrons. The fourth-order valence-electron chi connectivity index (χ4n) is 2.61. The van der Waals surface area contributed by atoms with E-state index in [2.05, 4.69) is 46.8 Å². The first-order valence-corrected chi connectivity index (χ1v) is 7.70. The Morgan fingerprint density at radius 1 is 1.22 bits per heavy atom. The fraction of sp³-hybridized carbons (Fsp3) is 0.600. The van der Waals surface area contributed by atoms with Gasteiger partial charge in [0.15, 0.2) is 0 Å². The molecule has 3 heteroatoms. The summed E-state index contributed by atoms with van der Waals surface area (Å²) in [4.78, 5) is 2.52. The molecule has 0 unspecified atom stereocenters. The Morgan fingerprint density at radius 3 is 2.61 bits per heavy atom. The quantitative estimate of drug-likeness (QED) is 0.787. The van der Waals surface area contributed by atoms with Crippen LogP contribution in [0.15, 0.2) is 16.6 Å². The number of hydrogen-bond acceptors (Lipinski definition) is 2. The SMILES string of the molecule is CCCN(CCC)Cc1cc(Br)cc2c1OCC2. The molecular weight excluding hydrogens is 290 g/mol. The highest BCUT2D eigenvalue weighted by Gasteiger charge is 2.18. The minimum absolute atomic E-state index is 0.834. The molecule has 0 radical (unpaired) electrons. The van der Waals surface area contributed by atoms with Gasteiger partial charge in [-0.05, 0) is 43.6 Å². The van der Waals surface area contributed by atoms with Crippen molar-refractivity contribution in [2.24, 2.45) is 0 Å². The molecule has 0 saturated heterocycles. The number of rotatable bonds is 6. The molecule has 1 aromatic rings. The molecule has 2 nitrogen and oxygen atoms in total. The third-order valence-electron chi connectivity index (χ3n) is 3.30. The van der Waals surface area contributed by atoms with Crippen LogP contribution in [-0.2, 0) is 13.0 Å². The molecule has 1 aliphatic rings. The lowest BCUT2D eigenvalue weighted by Gasteiger charge is -2.22. The molecular formula is C15H22BrNO. The van der Waals surface area contributed by atoms with Crippen LogP contribution in [0.25, 0.3) is 0 Å². The number of halogens is 1. The van der Waals surface area contributed by atoms with Crippen LogP contribution in [0.5, 0.6) is 5.75 Å². The zero-order valence-corrected chi connectivity index (χ0v) is 12.9. The standard InChI is InChI=1S/C15H22BrNO/c1-3-6-17(7-4-2)11-13-10-14(16)9-12-5-8-18-15(12)13/h9-10H,3-8,11H2,1-2H3. The zero-order valence-electron chi connectivity index (χ0n) is 11.3. The smallest absolute Gasteiger partial charge is 0.127 e. The molecule has 1 aromatic carbocycles. The molecule has 0 spiro atoms. The van der Waals surface area contributed by atoms with Gasteiger partial charge in [-0.3, -0.25) is 4.90 Å². The number of nitrogens with zero attached hydrogens (tertiary/aromatic N) is 1. The van der Waals surface area contributed by atoms with Gasteiger partial charge in [0.25, 0.3) is 0 Å². The summed E-state index contributed by atoms with van der Waals surface area (Å²) in [5.74, 6) is 1.13. The van der Waals surface area contributed by atoms with Gasteiger partial charge < -0.3 is 4.74 Å². The maximum absolute atomic E-state index is 5.79. The molecule has 18 heavy (non-hydrogen) atoms. The van der Waals surface area contributed by atoms with E-state index in [1.54, 1.807) is 0 Å². The van der Waals surface area contributed by atoms with Crippen LogP contribution in [0, 0.1) is 0 Å². The van der Waals surface area contributed by atoms with Crippen molar-refractivity contribution in [2.75, 3.05) is 19.7 Å². The summed E-state index contributed by atoms with van der Waals surface area (Å²) < 4.78 is 6.97. The van der Waals surface area contributed by atoms with Crippen molar-refractivity contribution in [1.82, 2.24) is 4.90 Å². The van der Waals surface area contributed by atoms with Crippen molar-refractivity contribution >= 4 is 15.9 Å². The summed E-state index contributed by atoms with van der Waals surface area (Å²) in [7, 11) is 0. The fourth-order valence-corrected chi connectivity index (χ4v) is 3.16. The Kier molecular flexibility index (Phi) is 5.07. The Balaban J connectivity index is 2.17. The van der Waals surface area contributed by atoms with Gasteiger partial charge in [-0.15, -0.1) is 0 Å². The molecule has 0 fully saturated rings. The van der Waals surface area contributed by atoms with Crippen molar-refractivity contribution in [3.05, 3.63) is 27.7 Å². The molecule has 0 N–H and O–H groups in total. The summed E-state index contributed by atoms with van der Waals surface area (Å²) in [6.07, 6.45) is 3.46. The van der Waals surface area contributed by atoms with Gasteiger partial charge >= 0.3 is 0 Å². The van der Waals surface area contributed by atoms with Crippen LogP contribution in [0.3, 0.4) is 0 Å². The van der Waals surface area contributed by atoms with Crippen molar-refractivity contribution in [2.45, 2.75) is 39.7 Å². The van der Waals surface area contributed by atoms with Crippen molar-refractivity contribution in [3.8, 4) is 5.75 Å². The van der Waals surface area contributed by atoms with Crippen LogP contribution < -0.4 is 4.74 Å². The van der Waals surface area contributed by atoms with E-state index in [9.17, 15) is 0 Å². The first-order chi connectivity index (χ1) is 8.74. The van der Waals surface area contributed by atoms with Gasteiger partial charge in [0.05, 0.1) is 6.61 Å². The Hall–Kier alpha value is -0.540. The topological polar surface area (TPSA) is 12.5 Å². The Labute approximate surface area is 118 Å². The monoisotopic (exact) mass is 311 g/mol. The molecule has 0 saturated carbocycles. The molecule has 2 rings (SSSR count). The van der Waals surface area contributed by atoms with E-state index >= 15 is 0 Å². The lowest BCUT2D eigenvalue weighted by Crippen LogP contribution is -2.25. The molecule has 1 aliphatic heterocycles. The van der Waals surface area contributed by atoms with E-state index in [4.69, 9.17) is 4.74 Å². The van der Waals surface area contributed by atoms with Gasteiger partial charge in [-0.2, -0.15) is 0 Å². The molecule has 0 atom stereocenters. The van der Waals surface area contributed by atoms with Crippen molar-refractivity contribution in [3.63, 3.8) is 0 Å². The number of hydrogen-bond donors (Lipinski definition) is 0. The van der Waals surface area contributed by atoms with Gasteiger partial charge in [0.1, 0.15) is 5.75 Å². The summed E-state index contributed by atoms with van der Waals surface area (Å²) in [5, 5.41) is 0. The second-order valence-electron chi connectivity index (χ2n) is 4.93. The second kappa shape index (κ2) is 6.58. The highest BCUT2D eigenvalue weighted by molar-refractivity contribution is 9.10. The van der Waals surface area contributed by atoms with Crippen LogP contribution in [0.1, 0.15) is 37.8 Å². The zero-order chi connectivity index (χ0) is 13.0. The Bertz CT molecular complexity index is 400. The summed E-state index contributed by atoms with van der Waals surface area (Å²) in [6, 6.07) is 4.40. The summed E-state index contributed by atoms with van der Waals surface area (Å²) in [5.41, 5.74) is 2.69. The number of ether oxygens (including phenoxy) is 1. The predicted molar refractivity (Wildman–Crippen MR) is 79.2 cm³/mol. The van der Waals surface area contributed by atoms with Gasteiger partial charge in [0, 0.05) is 23.0 Å². The second-order valence-corrected chi connectivity index (χ2v) is 5.84. The summed E-state index contributed by atoms with van der Waals surface area (Å²) >= 11 is 3.61. The molecule has 0 aromatic heterocycles. The molecule has 0 aliphatic carbocycles. The molecule has 0 bridgehead atoms. The van der Waals surface area contributed by atoms with E-state index in [1.807, 2.05) is 0 Å².